The van der Waals surface area contributed by atoms with E-state index >= 15 is 0 Å². The number of thioether (sulfide) groups is 1. The molecule has 2 unspecified atom stereocenters. The van der Waals surface area contributed by atoms with E-state index in [1.165, 1.54) is 6.92 Å². The minimum Gasteiger partial charge on any atom is -1.00 e. The standard InChI is InChI=1S/C13H16O3S.Na.H/c1-9(11-6-4-3-5-7-11)12(13(15)16)8-17-10(2)14;;/h3-7,9,12H,8H2,1-2H3,(H,15,16);;/q;+1;-1. The average Bonchev–Trinajstić information content (AvgIpc) is 2.29. The number of rotatable bonds is 5. The van der Waals surface area contributed by atoms with Crippen molar-refractivity contribution in [1.29, 1.82) is 0 Å². The Hall–Kier alpha value is -0.290. The first kappa shape index (κ1) is 17.7. The summed E-state index contributed by atoms with van der Waals surface area (Å²) in [4.78, 5) is 22.1. The van der Waals surface area contributed by atoms with Crippen molar-refractivity contribution in [2.75, 3.05) is 5.75 Å². The molecule has 0 saturated carbocycles. The Morgan fingerprint density at radius 3 is 2.33 bits per heavy atom. The maximum absolute atomic E-state index is 11.2. The first-order chi connectivity index (χ1) is 8.02. The molecule has 0 bridgehead atoms. The van der Waals surface area contributed by atoms with E-state index in [2.05, 4.69) is 0 Å². The third-order valence-electron chi connectivity index (χ3n) is 2.71. The molecule has 1 aromatic carbocycles. The normalized spacial score (nSPS) is 13.2. The molecule has 5 heteroatoms. The molecule has 0 amide bonds. The van der Waals surface area contributed by atoms with Crippen LogP contribution in [0.3, 0.4) is 0 Å². The fourth-order valence-electron chi connectivity index (χ4n) is 1.63. The van der Waals surface area contributed by atoms with Gasteiger partial charge in [0.15, 0.2) is 5.12 Å². The van der Waals surface area contributed by atoms with Crippen LogP contribution in [0.25, 0.3) is 0 Å². The Labute approximate surface area is 135 Å². The first-order valence-electron chi connectivity index (χ1n) is 5.43. The minimum atomic E-state index is -0.852. The van der Waals surface area contributed by atoms with Gasteiger partial charge in [0, 0.05) is 12.7 Å². The van der Waals surface area contributed by atoms with Crippen LogP contribution in [-0.2, 0) is 9.59 Å². The Kier molecular flexibility index (Phi) is 8.61. The van der Waals surface area contributed by atoms with Crippen LogP contribution >= 0.6 is 11.8 Å². The van der Waals surface area contributed by atoms with Gasteiger partial charge in [-0.05, 0) is 11.5 Å². The number of hydrogen-bond acceptors (Lipinski definition) is 3. The quantitative estimate of drug-likeness (QED) is 0.762. The SMILES string of the molecule is CC(=O)SCC(C(=O)O)C(C)c1ccccc1.[H-].[Na+]. The molecule has 18 heavy (non-hydrogen) atoms. The molecule has 94 valence electrons. The summed E-state index contributed by atoms with van der Waals surface area (Å²) in [7, 11) is 0. The van der Waals surface area contributed by atoms with Gasteiger partial charge >= 0.3 is 35.5 Å². The molecule has 1 rings (SSSR count). The average molecular weight is 276 g/mol. The molecule has 0 aliphatic heterocycles. The van der Waals surface area contributed by atoms with Crippen molar-refractivity contribution in [2.24, 2.45) is 5.92 Å². The van der Waals surface area contributed by atoms with E-state index in [0.29, 0.717) is 5.75 Å². The second-order valence-electron chi connectivity index (χ2n) is 3.95. The third kappa shape index (κ3) is 5.57. The second kappa shape index (κ2) is 8.75. The van der Waals surface area contributed by atoms with Gasteiger partial charge in [0.25, 0.3) is 0 Å². The Balaban J connectivity index is 0. The van der Waals surface area contributed by atoms with Gasteiger partial charge in [-0.3, -0.25) is 9.59 Å². The van der Waals surface area contributed by atoms with Crippen LogP contribution in [0, 0.1) is 5.92 Å². The maximum atomic E-state index is 11.2. The number of aliphatic carboxylic acids is 1. The van der Waals surface area contributed by atoms with Crippen molar-refractivity contribution in [3.63, 3.8) is 0 Å². The van der Waals surface area contributed by atoms with Gasteiger partial charge < -0.3 is 6.53 Å². The zero-order valence-electron chi connectivity index (χ0n) is 11.9. The van der Waals surface area contributed by atoms with Crippen LogP contribution in [0.5, 0.6) is 0 Å². The molecular weight excluding hydrogens is 259 g/mol. The fraction of sp³-hybridized carbons (Fsp3) is 0.385. The maximum Gasteiger partial charge on any atom is 1.00 e. The Bertz CT molecular complexity index is 400. The molecule has 0 aliphatic rings. The number of carboxylic acids is 1. The Morgan fingerprint density at radius 1 is 1.33 bits per heavy atom. The molecule has 0 heterocycles. The summed E-state index contributed by atoms with van der Waals surface area (Å²) in [5, 5.41) is 9.15. The zero-order chi connectivity index (χ0) is 12.8. The molecule has 3 nitrogen and oxygen atoms in total. The molecule has 0 spiro atoms. The van der Waals surface area contributed by atoms with Gasteiger partial charge in [-0.1, -0.05) is 49.0 Å². The molecule has 1 aromatic rings. The van der Waals surface area contributed by atoms with Crippen LogP contribution in [0.4, 0.5) is 0 Å². The van der Waals surface area contributed by atoms with E-state index < -0.39 is 11.9 Å². The molecule has 0 aliphatic carbocycles. The van der Waals surface area contributed by atoms with Gasteiger partial charge in [-0.15, -0.1) is 0 Å². The third-order valence-corrected chi connectivity index (χ3v) is 3.64. The van der Waals surface area contributed by atoms with E-state index in [1.54, 1.807) is 0 Å². The second-order valence-corrected chi connectivity index (χ2v) is 5.14. The summed E-state index contributed by atoms with van der Waals surface area (Å²) in [5.41, 5.74) is 0.990. The summed E-state index contributed by atoms with van der Waals surface area (Å²) >= 11 is 1.07. The number of benzene rings is 1. The Morgan fingerprint density at radius 2 is 1.89 bits per heavy atom. The van der Waals surface area contributed by atoms with E-state index in [-0.39, 0.29) is 42.0 Å². The topological polar surface area (TPSA) is 54.4 Å². The van der Waals surface area contributed by atoms with Crippen LogP contribution < -0.4 is 29.6 Å². The van der Waals surface area contributed by atoms with Gasteiger partial charge in [0.05, 0.1) is 5.92 Å². The van der Waals surface area contributed by atoms with Crippen molar-refractivity contribution < 1.29 is 45.7 Å². The molecule has 2 atom stereocenters. The van der Waals surface area contributed by atoms with Gasteiger partial charge in [0.1, 0.15) is 0 Å². The van der Waals surface area contributed by atoms with E-state index in [9.17, 15) is 14.7 Å². The molecule has 0 fully saturated rings. The van der Waals surface area contributed by atoms with Gasteiger partial charge in [-0.2, -0.15) is 0 Å². The molecule has 0 radical (unpaired) electrons. The van der Waals surface area contributed by atoms with E-state index in [0.717, 1.165) is 17.3 Å². The number of carbonyl (C=O) groups is 2. The van der Waals surface area contributed by atoms with E-state index in [1.807, 2.05) is 37.3 Å². The molecule has 0 aromatic heterocycles. The van der Waals surface area contributed by atoms with Crippen LogP contribution in [0.15, 0.2) is 30.3 Å². The number of carboxylic acid groups (broad SMARTS) is 1. The van der Waals surface area contributed by atoms with E-state index in [4.69, 9.17) is 0 Å². The van der Waals surface area contributed by atoms with Crippen molar-refractivity contribution in [1.82, 2.24) is 0 Å². The van der Waals surface area contributed by atoms with Crippen molar-refractivity contribution in [3.8, 4) is 0 Å². The van der Waals surface area contributed by atoms with Crippen LogP contribution in [-0.4, -0.2) is 21.9 Å². The van der Waals surface area contributed by atoms with Crippen molar-refractivity contribution in [3.05, 3.63) is 35.9 Å². The van der Waals surface area contributed by atoms with Crippen LogP contribution in [0.1, 0.15) is 26.8 Å². The molecule has 0 saturated heterocycles. The first-order valence-corrected chi connectivity index (χ1v) is 6.42. The number of carbonyl (C=O) groups excluding carboxylic acids is 1. The van der Waals surface area contributed by atoms with Crippen molar-refractivity contribution >= 4 is 22.8 Å². The largest absolute Gasteiger partial charge is 1.00 e. The summed E-state index contributed by atoms with van der Waals surface area (Å²) in [6, 6.07) is 9.51. The van der Waals surface area contributed by atoms with Gasteiger partial charge in [0.2, 0.25) is 0 Å². The fourth-order valence-corrected chi connectivity index (χ4v) is 2.47. The predicted octanol–water partition coefficient (Wildman–Crippen LogP) is -0.113. The smallest absolute Gasteiger partial charge is 1.00 e. The monoisotopic (exact) mass is 276 g/mol. The summed E-state index contributed by atoms with van der Waals surface area (Å²) in [5.74, 6) is -1.16. The summed E-state index contributed by atoms with van der Waals surface area (Å²) in [6.45, 7) is 3.34. The zero-order valence-corrected chi connectivity index (χ0v) is 13.7. The summed E-state index contributed by atoms with van der Waals surface area (Å²) in [6.07, 6.45) is 0. The number of hydrogen-bond donors (Lipinski definition) is 1. The van der Waals surface area contributed by atoms with Crippen molar-refractivity contribution in [2.45, 2.75) is 19.8 Å². The minimum absolute atomic E-state index is 0. The molecule has 1 N–H and O–H groups in total. The van der Waals surface area contributed by atoms with Crippen LogP contribution in [0.2, 0.25) is 0 Å². The van der Waals surface area contributed by atoms with Gasteiger partial charge in [-0.25, -0.2) is 0 Å². The predicted molar refractivity (Wildman–Crippen MR) is 70.2 cm³/mol. The summed E-state index contributed by atoms with van der Waals surface area (Å²) < 4.78 is 0. The molecular formula is C13H17NaO3S.